The smallest absolute Gasteiger partial charge is 0.251 e. The largest absolute Gasteiger partial charge is 0.369 e. The van der Waals surface area contributed by atoms with Crippen molar-refractivity contribution < 1.29 is 9.53 Å². The van der Waals surface area contributed by atoms with Crippen molar-refractivity contribution in [3.8, 4) is 0 Å². The third kappa shape index (κ3) is 3.44. The lowest BCUT2D eigenvalue weighted by atomic mass is 9.90. The quantitative estimate of drug-likeness (QED) is 0.925. The molecule has 1 aromatic rings. The van der Waals surface area contributed by atoms with Crippen molar-refractivity contribution in [2.24, 2.45) is 0 Å². The summed E-state index contributed by atoms with van der Waals surface area (Å²) in [6.07, 6.45) is 4.66. The molecule has 2 fully saturated rings. The van der Waals surface area contributed by atoms with E-state index in [0.29, 0.717) is 12.1 Å². The van der Waals surface area contributed by atoms with Crippen LogP contribution in [-0.2, 0) is 4.74 Å². The molecule has 4 nitrogen and oxygen atoms in total. The number of benzene rings is 1. The number of amides is 1. The molecule has 2 aliphatic heterocycles. The Morgan fingerprint density at radius 2 is 2.19 bits per heavy atom. The molecule has 0 bridgehead atoms. The average molecular weight is 288 g/mol. The number of likely N-dealkylation sites (N-methyl/N-ethyl adjacent to an activating group) is 1. The van der Waals surface area contributed by atoms with E-state index in [1.54, 1.807) is 0 Å². The first kappa shape index (κ1) is 14.5. The van der Waals surface area contributed by atoms with E-state index in [2.05, 4.69) is 17.3 Å². The summed E-state index contributed by atoms with van der Waals surface area (Å²) in [5.74, 6) is -0.0117. The van der Waals surface area contributed by atoms with Crippen molar-refractivity contribution in [2.45, 2.75) is 37.4 Å². The standard InChI is InChI=1S/C17H24N2O2/c1-19-11-10-17(13-19)9-5-8-15(21-17)12-18-16(20)14-6-3-2-4-7-14/h2-4,6-7,15H,5,8-13H2,1H3,(H,18,20)/t15-,17+/m1/s1. The lowest BCUT2D eigenvalue weighted by molar-refractivity contribution is -0.117. The Labute approximate surface area is 126 Å². The van der Waals surface area contributed by atoms with Gasteiger partial charge in [0.15, 0.2) is 0 Å². The summed E-state index contributed by atoms with van der Waals surface area (Å²) in [5.41, 5.74) is 0.749. The monoisotopic (exact) mass is 288 g/mol. The molecule has 0 saturated carbocycles. The highest BCUT2D eigenvalue weighted by Gasteiger charge is 2.41. The Kier molecular flexibility index (Phi) is 4.27. The molecule has 0 aliphatic carbocycles. The number of hydrogen-bond acceptors (Lipinski definition) is 3. The van der Waals surface area contributed by atoms with E-state index in [1.165, 1.54) is 6.42 Å². The van der Waals surface area contributed by atoms with Crippen molar-refractivity contribution in [3.05, 3.63) is 35.9 Å². The predicted octanol–water partition coefficient (Wildman–Crippen LogP) is 2.06. The van der Waals surface area contributed by atoms with Gasteiger partial charge in [0.2, 0.25) is 0 Å². The van der Waals surface area contributed by atoms with Crippen LogP contribution >= 0.6 is 0 Å². The van der Waals surface area contributed by atoms with Crippen molar-refractivity contribution in [1.82, 2.24) is 10.2 Å². The summed E-state index contributed by atoms with van der Waals surface area (Å²) in [6, 6.07) is 9.36. The second-order valence-electron chi connectivity index (χ2n) is 6.38. The highest BCUT2D eigenvalue weighted by Crippen LogP contribution is 2.35. The van der Waals surface area contributed by atoms with E-state index in [1.807, 2.05) is 30.3 Å². The maximum atomic E-state index is 12.1. The molecule has 114 valence electrons. The van der Waals surface area contributed by atoms with Crippen LogP contribution in [-0.4, -0.2) is 49.2 Å². The minimum atomic E-state index is -0.0117. The normalized spacial score (nSPS) is 29.7. The van der Waals surface area contributed by atoms with Crippen LogP contribution < -0.4 is 5.32 Å². The number of carbonyl (C=O) groups is 1. The van der Waals surface area contributed by atoms with E-state index in [9.17, 15) is 4.79 Å². The summed E-state index contributed by atoms with van der Waals surface area (Å²) < 4.78 is 6.34. The third-order valence-electron chi connectivity index (χ3n) is 4.61. The summed E-state index contributed by atoms with van der Waals surface area (Å²) in [4.78, 5) is 14.4. The zero-order chi connectivity index (χ0) is 14.7. The molecule has 21 heavy (non-hydrogen) atoms. The summed E-state index contributed by atoms with van der Waals surface area (Å²) >= 11 is 0. The number of ether oxygens (including phenoxy) is 1. The minimum absolute atomic E-state index is 0.0117. The molecular weight excluding hydrogens is 264 g/mol. The van der Waals surface area contributed by atoms with Crippen LogP contribution in [0.2, 0.25) is 0 Å². The van der Waals surface area contributed by atoms with Crippen molar-refractivity contribution in [3.63, 3.8) is 0 Å². The summed E-state index contributed by atoms with van der Waals surface area (Å²) in [7, 11) is 2.15. The lowest BCUT2D eigenvalue weighted by Gasteiger charge is -2.38. The van der Waals surface area contributed by atoms with E-state index in [0.717, 1.165) is 32.4 Å². The van der Waals surface area contributed by atoms with Crippen molar-refractivity contribution >= 4 is 5.91 Å². The first-order chi connectivity index (χ1) is 10.2. The molecule has 3 rings (SSSR count). The second kappa shape index (κ2) is 6.16. The fourth-order valence-corrected chi connectivity index (χ4v) is 3.51. The molecule has 4 heteroatoms. The number of rotatable bonds is 3. The van der Waals surface area contributed by atoms with E-state index < -0.39 is 0 Å². The van der Waals surface area contributed by atoms with Crippen LogP contribution in [0.3, 0.4) is 0 Å². The van der Waals surface area contributed by atoms with Gasteiger partial charge in [0.25, 0.3) is 5.91 Å². The maximum Gasteiger partial charge on any atom is 0.251 e. The van der Waals surface area contributed by atoms with Gasteiger partial charge in [0.05, 0.1) is 11.7 Å². The van der Waals surface area contributed by atoms with Crippen LogP contribution in [0.1, 0.15) is 36.0 Å². The van der Waals surface area contributed by atoms with Gasteiger partial charge in [-0.05, 0) is 44.9 Å². The van der Waals surface area contributed by atoms with Crippen LogP contribution in [0.4, 0.5) is 0 Å². The molecule has 0 unspecified atom stereocenters. The highest BCUT2D eigenvalue weighted by molar-refractivity contribution is 5.94. The zero-order valence-electron chi connectivity index (χ0n) is 12.7. The molecule has 0 aromatic heterocycles. The number of hydrogen-bond donors (Lipinski definition) is 1. The molecule has 2 heterocycles. The third-order valence-corrected chi connectivity index (χ3v) is 4.61. The Hall–Kier alpha value is -1.39. The predicted molar refractivity (Wildman–Crippen MR) is 82.3 cm³/mol. The van der Waals surface area contributed by atoms with Gasteiger partial charge in [0.1, 0.15) is 0 Å². The van der Waals surface area contributed by atoms with Crippen LogP contribution in [0.15, 0.2) is 30.3 Å². The number of nitrogens with one attached hydrogen (secondary N) is 1. The van der Waals surface area contributed by atoms with Crippen LogP contribution in [0.25, 0.3) is 0 Å². The van der Waals surface area contributed by atoms with Crippen LogP contribution in [0, 0.1) is 0 Å². The molecule has 1 N–H and O–H groups in total. The molecule has 2 saturated heterocycles. The number of carbonyl (C=O) groups excluding carboxylic acids is 1. The molecule has 0 radical (unpaired) electrons. The lowest BCUT2D eigenvalue weighted by Crippen LogP contribution is -2.46. The SMILES string of the molecule is CN1CC[C@@]2(CCC[C@H](CNC(=O)c3ccccc3)O2)C1. The van der Waals surface area contributed by atoms with E-state index in [4.69, 9.17) is 4.74 Å². The van der Waals surface area contributed by atoms with Gasteiger partial charge in [-0.2, -0.15) is 0 Å². The molecule has 1 amide bonds. The first-order valence-electron chi connectivity index (χ1n) is 7.87. The first-order valence-corrected chi connectivity index (χ1v) is 7.87. The molecule has 1 spiro atoms. The molecule has 2 aliphatic rings. The Morgan fingerprint density at radius 1 is 1.38 bits per heavy atom. The fourth-order valence-electron chi connectivity index (χ4n) is 3.51. The number of nitrogens with zero attached hydrogens (tertiary/aromatic N) is 1. The van der Waals surface area contributed by atoms with Gasteiger partial charge in [0, 0.05) is 25.2 Å². The fraction of sp³-hybridized carbons (Fsp3) is 0.588. The molecular formula is C17H24N2O2. The zero-order valence-corrected chi connectivity index (χ0v) is 12.7. The second-order valence-corrected chi connectivity index (χ2v) is 6.38. The van der Waals surface area contributed by atoms with Crippen LogP contribution in [0.5, 0.6) is 0 Å². The Bertz CT molecular complexity index is 487. The average Bonchev–Trinajstić information content (AvgIpc) is 2.86. The maximum absolute atomic E-state index is 12.1. The molecule has 2 atom stereocenters. The number of likely N-dealkylation sites (tertiary alicyclic amines) is 1. The van der Waals surface area contributed by atoms with E-state index in [-0.39, 0.29) is 17.6 Å². The van der Waals surface area contributed by atoms with Gasteiger partial charge < -0.3 is 15.0 Å². The van der Waals surface area contributed by atoms with Crippen molar-refractivity contribution in [1.29, 1.82) is 0 Å². The topological polar surface area (TPSA) is 41.6 Å². The van der Waals surface area contributed by atoms with Gasteiger partial charge in [-0.3, -0.25) is 4.79 Å². The minimum Gasteiger partial charge on any atom is -0.369 e. The van der Waals surface area contributed by atoms with Crippen molar-refractivity contribution in [2.75, 3.05) is 26.7 Å². The van der Waals surface area contributed by atoms with E-state index >= 15 is 0 Å². The summed E-state index contributed by atoms with van der Waals surface area (Å²) in [6.45, 7) is 2.75. The Balaban J connectivity index is 1.52. The van der Waals surface area contributed by atoms with Gasteiger partial charge in [-0.1, -0.05) is 18.2 Å². The van der Waals surface area contributed by atoms with Gasteiger partial charge >= 0.3 is 0 Å². The van der Waals surface area contributed by atoms with Gasteiger partial charge in [-0.15, -0.1) is 0 Å². The Morgan fingerprint density at radius 3 is 2.90 bits per heavy atom. The summed E-state index contributed by atoms with van der Waals surface area (Å²) in [5, 5.41) is 3.01. The molecule has 1 aromatic carbocycles. The van der Waals surface area contributed by atoms with Gasteiger partial charge in [-0.25, -0.2) is 0 Å². The highest BCUT2D eigenvalue weighted by atomic mass is 16.5.